The van der Waals surface area contributed by atoms with E-state index in [0.717, 1.165) is 72.8 Å². The fraction of sp³-hybridized carbons (Fsp3) is 0.360. The second-order valence-electron chi connectivity index (χ2n) is 8.44. The number of rotatable bonds is 6. The lowest BCUT2D eigenvalue weighted by molar-refractivity contribution is 0.0347. The SMILES string of the molecule is Cc1ccc(Cl)cc1-c1ccc([C@H]2[C@H](c3ccccn3)NC(=S)N2CCN2CCOCC2)o1. The van der Waals surface area contributed by atoms with Gasteiger partial charge in [0.05, 0.1) is 24.9 Å². The molecule has 0 aliphatic carbocycles. The monoisotopic (exact) mass is 482 g/mol. The summed E-state index contributed by atoms with van der Waals surface area (Å²) in [6.45, 7) is 7.23. The van der Waals surface area contributed by atoms with Gasteiger partial charge in [0, 0.05) is 43.0 Å². The van der Waals surface area contributed by atoms with Crippen molar-refractivity contribution in [1.29, 1.82) is 0 Å². The Morgan fingerprint density at radius 3 is 2.76 bits per heavy atom. The van der Waals surface area contributed by atoms with E-state index in [0.29, 0.717) is 5.02 Å². The van der Waals surface area contributed by atoms with E-state index in [1.54, 1.807) is 0 Å². The third-order valence-corrected chi connectivity index (χ3v) is 6.93. The molecule has 5 rings (SSSR count). The predicted molar refractivity (Wildman–Crippen MR) is 133 cm³/mol. The van der Waals surface area contributed by atoms with Crippen LogP contribution in [-0.2, 0) is 4.74 Å². The maximum Gasteiger partial charge on any atom is 0.170 e. The molecule has 2 atom stereocenters. The van der Waals surface area contributed by atoms with E-state index in [9.17, 15) is 0 Å². The lowest BCUT2D eigenvalue weighted by Crippen LogP contribution is -2.42. The number of ether oxygens (including phenoxy) is 1. The summed E-state index contributed by atoms with van der Waals surface area (Å²) in [5.41, 5.74) is 3.05. The van der Waals surface area contributed by atoms with Crippen LogP contribution in [0.25, 0.3) is 11.3 Å². The standard InChI is InChI=1S/C25H27ClN4O2S/c1-17-5-6-18(26)16-19(17)21-7-8-22(32-21)24-23(20-4-2-3-9-27-20)28-25(33)30(24)11-10-29-12-14-31-15-13-29/h2-9,16,23-24H,10-15H2,1H3,(H,28,33)/t23-,24-/m0/s1. The summed E-state index contributed by atoms with van der Waals surface area (Å²) >= 11 is 12.0. The molecule has 3 aromatic rings. The highest BCUT2D eigenvalue weighted by molar-refractivity contribution is 7.80. The number of nitrogens with zero attached hydrogens (tertiary/aromatic N) is 3. The van der Waals surface area contributed by atoms with Crippen molar-refractivity contribution < 1.29 is 9.15 Å². The van der Waals surface area contributed by atoms with E-state index in [2.05, 4.69) is 27.0 Å². The van der Waals surface area contributed by atoms with Crippen molar-refractivity contribution in [3.8, 4) is 11.3 Å². The highest BCUT2D eigenvalue weighted by Crippen LogP contribution is 2.40. The van der Waals surface area contributed by atoms with Crippen molar-refractivity contribution >= 4 is 28.9 Å². The molecule has 8 heteroatoms. The van der Waals surface area contributed by atoms with Crippen molar-refractivity contribution in [3.63, 3.8) is 0 Å². The second-order valence-corrected chi connectivity index (χ2v) is 9.26. The number of benzene rings is 1. The van der Waals surface area contributed by atoms with Gasteiger partial charge in [-0.15, -0.1) is 0 Å². The van der Waals surface area contributed by atoms with Gasteiger partial charge in [-0.05, 0) is 61.1 Å². The lowest BCUT2D eigenvalue weighted by Gasteiger charge is -2.31. The fourth-order valence-corrected chi connectivity index (χ4v) is 5.05. The Labute approximate surface area is 204 Å². The molecule has 2 aliphatic heterocycles. The molecule has 33 heavy (non-hydrogen) atoms. The van der Waals surface area contributed by atoms with Crippen LogP contribution in [0.3, 0.4) is 0 Å². The number of furan rings is 1. The van der Waals surface area contributed by atoms with E-state index >= 15 is 0 Å². The van der Waals surface area contributed by atoms with E-state index in [1.165, 1.54) is 0 Å². The average molecular weight is 483 g/mol. The molecule has 2 saturated heterocycles. The summed E-state index contributed by atoms with van der Waals surface area (Å²) < 4.78 is 11.9. The van der Waals surface area contributed by atoms with Gasteiger partial charge in [0.1, 0.15) is 17.6 Å². The van der Waals surface area contributed by atoms with E-state index < -0.39 is 0 Å². The molecule has 0 amide bonds. The molecule has 2 aliphatic rings. The van der Waals surface area contributed by atoms with Crippen LogP contribution in [0.15, 0.2) is 59.1 Å². The molecule has 0 spiro atoms. The smallest absolute Gasteiger partial charge is 0.170 e. The molecule has 6 nitrogen and oxygen atoms in total. The third-order valence-electron chi connectivity index (χ3n) is 6.34. The van der Waals surface area contributed by atoms with Gasteiger partial charge in [0.2, 0.25) is 0 Å². The Kier molecular flexibility index (Phi) is 6.64. The molecule has 4 heterocycles. The number of aryl methyl sites for hydroxylation is 1. The number of aromatic nitrogens is 1. The van der Waals surface area contributed by atoms with Crippen molar-refractivity contribution in [3.05, 3.63) is 76.8 Å². The highest BCUT2D eigenvalue weighted by atomic mass is 35.5. The predicted octanol–water partition coefficient (Wildman–Crippen LogP) is 4.61. The number of nitrogens with one attached hydrogen (secondary N) is 1. The number of hydrogen-bond acceptors (Lipinski definition) is 5. The Morgan fingerprint density at radius 1 is 1.12 bits per heavy atom. The average Bonchev–Trinajstić information content (AvgIpc) is 3.45. The quantitative estimate of drug-likeness (QED) is 0.515. The van der Waals surface area contributed by atoms with E-state index in [1.807, 2.05) is 54.7 Å². The van der Waals surface area contributed by atoms with E-state index in [-0.39, 0.29) is 12.1 Å². The maximum absolute atomic E-state index is 6.45. The summed E-state index contributed by atoms with van der Waals surface area (Å²) in [4.78, 5) is 9.26. The van der Waals surface area contributed by atoms with Gasteiger partial charge in [-0.2, -0.15) is 0 Å². The molecule has 0 radical (unpaired) electrons. The van der Waals surface area contributed by atoms with Crippen LogP contribution < -0.4 is 5.32 Å². The van der Waals surface area contributed by atoms with Crippen LogP contribution >= 0.6 is 23.8 Å². The summed E-state index contributed by atoms with van der Waals surface area (Å²) in [5, 5.41) is 4.91. The first-order chi connectivity index (χ1) is 16.1. The van der Waals surface area contributed by atoms with Gasteiger partial charge in [0.15, 0.2) is 5.11 Å². The minimum atomic E-state index is -0.0957. The van der Waals surface area contributed by atoms with Crippen molar-refractivity contribution in [2.45, 2.75) is 19.0 Å². The molecule has 0 unspecified atom stereocenters. The molecule has 0 bridgehead atoms. The summed E-state index contributed by atoms with van der Waals surface area (Å²) in [7, 11) is 0. The van der Waals surface area contributed by atoms with Crippen LogP contribution in [-0.4, -0.2) is 59.3 Å². The van der Waals surface area contributed by atoms with Crippen LogP contribution in [0.4, 0.5) is 0 Å². The zero-order chi connectivity index (χ0) is 22.8. The van der Waals surface area contributed by atoms with Gasteiger partial charge in [-0.1, -0.05) is 23.7 Å². The van der Waals surface area contributed by atoms with Crippen LogP contribution in [0.5, 0.6) is 0 Å². The van der Waals surface area contributed by atoms with Crippen molar-refractivity contribution in [2.24, 2.45) is 0 Å². The Balaban J connectivity index is 1.46. The number of halogens is 1. The maximum atomic E-state index is 6.45. The van der Waals surface area contributed by atoms with Crippen LogP contribution in [0.2, 0.25) is 5.02 Å². The fourth-order valence-electron chi connectivity index (χ4n) is 4.55. The van der Waals surface area contributed by atoms with Crippen LogP contribution in [0.1, 0.15) is 29.1 Å². The first-order valence-electron chi connectivity index (χ1n) is 11.2. The first-order valence-corrected chi connectivity index (χ1v) is 12.0. The van der Waals surface area contributed by atoms with Crippen molar-refractivity contribution in [2.75, 3.05) is 39.4 Å². The van der Waals surface area contributed by atoms with Crippen molar-refractivity contribution in [1.82, 2.24) is 20.1 Å². The summed E-state index contributed by atoms with van der Waals surface area (Å²) in [6.07, 6.45) is 1.82. The van der Waals surface area contributed by atoms with Crippen LogP contribution in [0, 0.1) is 6.92 Å². The zero-order valence-electron chi connectivity index (χ0n) is 18.5. The minimum Gasteiger partial charge on any atom is -0.459 e. The van der Waals surface area contributed by atoms with Gasteiger partial charge in [-0.25, -0.2) is 0 Å². The molecular weight excluding hydrogens is 456 g/mol. The number of pyridine rings is 1. The molecule has 2 fully saturated rings. The van der Waals surface area contributed by atoms with Gasteiger partial charge >= 0.3 is 0 Å². The molecule has 0 saturated carbocycles. The van der Waals surface area contributed by atoms with Gasteiger partial charge in [0.25, 0.3) is 0 Å². The Hall–Kier alpha value is -2.45. The molecule has 2 aromatic heterocycles. The summed E-state index contributed by atoms with van der Waals surface area (Å²) in [5.74, 6) is 1.66. The molecule has 172 valence electrons. The van der Waals surface area contributed by atoms with Gasteiger partial charge in [-0.3, -0.25) is 9.88 Å². The molecular formula is C25H27ClN4O2S. The molecule has 1 aromatic carbocycles. The Bertz CT molecular complexity index is 1120. The normalized spacial score (nSPS) is 21.4. The second kappa shape index (κ2) is 9.81. The first kappa shape index (κ1) is 22.3. The number of hydrogen-bond donors (Lipinski definition) is 1. The van der Waals surface area contributed by atoms with E-state index in [4.69, 9.17) is 33.0 Å². The Morgan fingerprint density at radius 2 is 1.97 bits per heavy atom. The largest absolute Gasteiger partial charge is 0.459 e. The topological polar surface area (TPSA) is 53.8 Å². The lowest BCUT2D eigenvalue weighted by atomic mass is 10.0. The van der Waals surface area contributed by atoms with Gasteiger partial charge < -0.3 is 19.4 Å². The summed E-state index contributed by atoms with van der Waals surface area (Å²) in [6, 6.07) is 15.7. The molecule has 1 N–H and O–H groups in total. The number of thiocarbonyl (C=S) groups is 1. The zero-order valence-corrected chi connectivity index (χ0v) is 20.1. The minimum absolute atomic E-state index is 0.0946. The number of morpholine rings is 1. The highest BCUT2D eigenvalue weighted by Gasteiger charge is 2.41. The third kappa shape index (κ3) is 4.77.